The molecule has 0 aliphatic rings. The smallest absolute Gasteiger partial charge is 0.802 e. The predicted octanol–water partition coefficient (Wildman–Crippen LogP) is 17.6. The van der Waals surface area contributed by atoms with Crippen LogP contribution < -0.4 is 14.7 Å². The number of hydrogen-bond donors (Lipinski definition) is 0. The van der Waals surface area contributed by atoms with Gasteiger partial charge in [0, 0.05) is 24.1 Å². The van der Waals surface area contributed by atoms with Gasteiger partial charge in [-0.1, -0.05) is 231 Å². The van der Waals surface area contributed by atoms with Crippen LogP contribution in [0.15, 0.2) is 36.5 Å². The number of rotatable bonds is 48. The second-order valence-electron chi connectivity index (χ2n) is 18.2. The van der Waals surface area contributed by atoms with Crippen LogP contribution in [0.1, 0.15) is 290 Å². The zero-order valence-electron chi connectivity index (χ0n) is 42.7. The van der Waals surface area contributed by atoms with Gasteiger partial charge in [-0.15, -0.1) is 0 Å². The van der Waals surface area contributed by atoms with Gasteiger partial charge in [0.1, 0.15) is 0 Å². The fourth-order valence-electron chi connectivity index (χ4n) is 7.55. The Morgan fingerprint density at radius 3 is 0.547 bits per heavy atom. The normalized spacial score (nSPS) is 12.8. The third kappa shape index (κ3) is 80.2. The minimum atomic E-state index is -2.46. The number of unbranched alkanes of at least 4 members (excludes halogenated alkanes) is 36. The number of allylic oxidation sites excluding steroid dienone is 6. The zero-order valence-corrected chi connectivity index (χ0v) is 48.9. The molecule has 64 heavy (non-hydrogen) atoms. The monoisotopic (exact) mass is 1090 g/mol. The Morgan fingerprint density at radius 2 is 0.391 bits per heavy atom. The van der Waals surface area contributed by atoms with Crippen LogP contribution in [0.3, 0.4) is 0 Å². The molecule has 3 atom stereocenters. The molecule has 0 rings (SSSR count). The summed E-state index contributed by atoms with van der Waals surface area (Å²) >= 11 is 0. The van der Waals surface area contributed by atoms with E-state index in [-0.39, 0.29) is 40.8 Å². The van der Waals surface area contributed by atoms with Gasteiger partial charge in [0.2, 0.25) is 0 Å². The molecule has 0 saturated carbocycles. The predicted molar refractivity (Wildman–Crippen MR) is 280 cm³/mol. The van der Waals surface area contributed by atoms with E-state index in [9.17, 15) is 28.4 Å². The molecular formula is C54H108NdO6P3. The van der Waals surface area contributed by atoms with Gasteiger partial charge in [0.25, 0.3) is 0 Å². The maximum absolute atomic E-state index is 10.4. The van der Waals surface area contributed by atoms with Crippen molar-refractivity contribution < 1.29 is 69.2 Å². The van der Waals surface area contributed by atoms with E-state index >= 15 is 0 Å². The fraction of sp³-hybridized carbons (Fsp3) is 0.889. The first kappa shape index (κ1) is 71.7. The Hall–Kier alpha value is 1.14. The van der Waals surface area contributed by atoms with E-state index in [1.807, 2.05) is 0 Å². The van der Waals surface area contributed by atoms with Crippen LogP contribution >= 0.6 is 24.1 Å². The fourth-order valence-corrected chi connectivity index (χ4v) is 9.17. The summed E-state index contributed by atoms with van der Waals surface area (Å²) in [4.78, 5) is 31.2. The second-order valence-corrected chi connectivity index (χ2v) is 21.9. The first-order valence-corrected chi connectivity index (χ1v) is 31.9. The summed E-state index contributed by atoms with van der Waals surface area (Å²) in [7, 11) is -7.39. The Morgan fingerprint density at radius 1 is 0.250 bits per heavy atom. The van der Waals surface area contributed by atoms with Gasteiger partial charge in [-0.05, 0) is 115 Å². The third-order valence-corrected chi connectivity index (χ3v) is 14.0. The largest absolute Gasteiger partial charge is 3.00 e. The maximum Gasteiger partial charge on any atom is 3.00 e. The first-order valence-electron chi connectivity index (χ1n) is 27.4. The van der Waals surface area contributed by atoms with Crippen molar-refractivity contribution in [2.45, 2.75) is 290 Å². The van der Waals surface area contributed by atoms with Crippen molar-refractivity contribution in [3.05, 3.63) is 36.5 Å². The minimum Gasteiger partial charge on any atom is -0.802 e. The van der Waals surface area contributed by atoms with Crippen molar-refractivity contribution in [3.8, 4) is 0 Å². The van der Waals surface area contributed by atoms with E-state index in [4.69, 9.17) is 0 Å². The van der Waals surface area contributed by atoms with Crippen molar-refractivity contribution in [3.63, 3.8) is 0 Å². The summed E-state index contributed by atoms with van der Waals surface area (Å²) in [6.07, 6.45) is 68.4. The average Bonchev–Trinajstić information content (AvgIpc) is 3.26. The molecule has 0 N–H and O–H groups in total. The average molecular weight is 1090 g/mol. The van der Waals surface area contributed by atoms with Gasteiger partial charge >= 0.3 is 40.8 Å². The molecule has 0 aliphatic carbocycles. The van der Waals surface area contributed by atoms with Gasteiger partial charge in [-0.3, -0.25) is 0 Å². The molecule has 0 bridgehead atoms. The molecule has 3 unspecified atom stereocenters. The molecular weight excluding hydrogens is 982 g/mol. The minimum absolute atomic E-state index is 0. The van der Waals surface area contributed by atoms with Crippen LogP contribution in [0.25, 0.3) is 0 Å². The molecule has 0 saturated heterocycles. The molecule has 6 nitrogen and oxygen atoms in total. The summed E-state index contributed by atoms with van der Waals surface area (Å²) in [5.74, 6) is 0. The third-order valence-electron chi connectivity index (χ3n) is 11.7. The zero-order chi connectivity index (χ0) is 46.8. The molecule has 0 aromatic rings. The standard InChI is InChI=1S/3C18H37O2P.Nd/c3*1-2-3-4-5-6-7-8-9-10-11-12-13-14-15-16-17-18-21(19)20;/h3*9-10,21H,2-8,11-18H2,1H3,(H,19,20);/q;;;+3/p-3/b3*10-9-;. The Labute approximate surface area is 435 Å². The molecule has 379 valence electrons. The topological polar surface area (TPSA) is 120 Å². The van der Waals surface area contributed by atoms with Crippen molar-refractivity contribution in [2.75, 3.05) is 18.5 Å². The van der Waals surface area contributed by atoms with E-state index in [2.05, 4.69) is 57.2 Å². The molecule has 0 heterocycles. The first-order chi connectivity index (χ1) is 30.8. The molecule has 1 radical (unpaired) electrons. The molecule has 10 heteroatoms. The van der Waals surface area contributed by atoms with Gasteiger partial charge in [-0.25, -0.2) is 0 Å². The van der Waals surface area contributed by atoms with Crippen molar-refractivity contribution in [1.29, 1.82) is 0 Å². The van der Waals surface area contributed by atoms with Crippen molar-refractivity contribution in [1.82, 2.24) is 0 Å². The van der Waals surface area contributed by atoms with Crippen molar-refractivity contribution in [2.24, 2.45) is 0 Å². The van der Waals surface area contributed by atoms with Gasteiger partial charge in [0.05, 0.1) is 0 Å². The van der Waals surface area contributed by atoms with Crippen LogP contribution in [0.5, 0.6) is 0 Å². The summed E-state index contributed by atoms with van der Waals surface area (Å²) in [6, 6.07) is 0. The van der Waals surface area contributed by atoms with E-state index in [1.165, 1.54) is 231 Å². The number of hydrogen-bond acceptors (Lipinski definition) is 6. The molecule has 0 spiro atoms. The summed E-state index contributed by atoms with van der Waals surface area (Å²) in [5.41, 5.74) is 0. The molecule has 0 aromatic heterocycles. The molecule has 0 amide bonds. The second kappa shape index (κ2) is 68.4. The molecule has 0 aliphatic heterocycles. The molecule has 0 fully saturated rings. The quantitative estimate of drug-likeness (QED) is 0.0340. The van der Waals surface area contributed by atoms with E-state index in [1.54, 1.807) is 0 Å². The SMILES string of the molecule is CCCCCCCC/C=C\CCCCCCCC[PH](=O)[O-].CCCCCCCC/C=C\CCCCCCCC[PH](=O)[O-].CCCCCCCC/C=C\CCCCCCCC[PH](=O)[O-].[Nd+3]. The van der Waals surface area contributed by atoms with E-state index in [0.29, 0.717) is 18.5 Å². The van der Waals surface area contributed by atoms with Crippen LogP contribution in [0, 0.1) is 40.8 Å². The maximum atomic E-state index is 10.4. The van der Waals surface area contributed by atoms with Gasteiger partial charge < -0.3 is 28.4 Å². The summed E-state index contributed by atoms with van der Waals surface area (Å²) < 4.78 is 31.2. The van der Waals surface area contributed by atoms with Crippen LogP contribution in [-0.4, -0.2) is 18.5 Å². The van der Waals surface area contributed by atoms with Gasteiger partial charge in [0.15, 0.2) is 0 Å². The summed E-state index contributed by atoms with van der Waals surface area (Å²) in [5, 5.41) is 0. The van der Waals surface area contributed by atoms with Crippen LogP contribution in [0.4, 0.5) is 0 Å². The Bertz CT molecular complexity index is 886. The van der Waals surface area contributed by atoms with E-state index < -0.39 is 24.1 Å². The Balaban J connectivity index is -0.000000419. The van der Waals surface area contributed by atoms with Crippen LogP contribution in [0.2, 0.25) is 0 Å². The van der Waals surface area contributed by atoms with Gasteiger partial charge in [-0.2, -0.15) is 0 Å². The summed E-state index contributed by atoms with van der Waals surface area (Å²) in [6.45, 7) is 6.79. The molecule has 0 aromatic carbocycles. The van der Waals surface area contributed by atoms with Crippen LogP contribution in [-0.2, 0) is 13.7 Å². The Kier molecular flexibility index (Phi) is 76.6. The van der Waals surface area contributed by atoms with Crippen molar-refractivity contribution >= 4 is 24.1 Å². The van der Waals surface area contributed by atoms with E-state index in [0.717, 1.165) is 38.5 Å².